The summed E-state index contributed by atoms with van der Waals surface area (Å²) in [6.07, 6.45) is 3.01. The summed E-state index contributed by atoms with van der Waals surface area (Å²) in [5.74, 6) is -0.232. The van der Waals surface area contributed by atoms with Crippen LogP contribution in [0, 0.1) is 13.8 Å². The van der Waals surface area contributed by atoms with E-state index in [1.165, 1.54) is 4.68 Å². The number of aromatic nitrogens is 3. The Morgan fingerprint density at radius 2 is 1.84 bits per heavy atom. The van der Waals surface area contributed by atoms with Gasteiger partial charge < -0.3 is 10.2 Å². The molecule has 31 heavy (non-hydrogen) atoms. The molecule has 0 unspecified atom stereocenters. The third kappa shape index (κ3) is 4.77. The molecule has 1 aliphatic heterocycles. The topological polar surface area (TPSA) is 80.1 Å². The summed E-state index contributed by atoms with van der Waals surface area (Å²) in [6, 6.07) is 13.0. The van der Waals surface area contributed by atoms with E-state index in [2.05, 4.69) is 15.6 Å². The first-order valence-electron chi connectivity index (χ1n) is 10.3. The van der Waals surface area contributed by atoms with Crippen molar-refractivity contribution in [2.75, 3.05) is 13.1 Å². The number of nitrogens with zero attached hydrogens (tertiary/aromatic N) is 4. The lowest BCUT2D eigenvalue weighted by atomic mass is 10.0. The molecule has 4 rings (SSSR count). The van der Waals surface area contributed by atoms with Crippen LogP contribution in [-0.2, 0) is 0 Å². The van der Waals surface area contributed by atoms with E-state index in [1.54, 1.807) is 23.2 Å². The van der Waals surface area contributed by atoms with Crippen molar-refractivity contribution in [2.45, 2.75) is 32.7 Å². The fourth-order valence-electron chi connectivity index (χ4n) is 3.65. The lowest BCUT2D eigenvalue weighted by Crippen LogP contribution is -2.46. The Kier molecular flexibility index (Phi) is 6.04. The largest absolute Gasteiger partial charge is 0.349 e. The Morgan fingerprint density at radius 1 is 1.06 bits per heavy atom. The van der Waals surface area contributed by atoms with Crippen LogP contribution in [0.4, 0.5) is 0 Å². The first-order chi connectivity index (χ1) is 14.9. The van der Waals surface area contributed by atoms with Gasteiger partial charge in [0.2, 0.25) is 0 Å². The van der Waals surface area contributed by atoms with Crippen LogP contribution >= 0.6 is 11.6 Å². The summed E-state index contributed by atoms with van der Waals surface area (Å²) in [5, 5.41) is 11.8. The van der Waals surface area contributed by atoms with E-state index in [9.17, 15) is 9.59 Å². The van der Waals surface area contributed by atoms with Gasteiger partial charge in [-0.2, -0.15) is 0 Å². The smallest absolute Gasteiger partial charge is 0.276 e. The molecule has 0 atom stereocenters. The highest BCUT2D eigenvalue weighted by atomic mass is 35.5. The van der Waals surface area contributed by atoms with Gasteiger partial charge in [0.1, 0.15) is 0 Å². The van der Waals surface area contributed by atoms with Crippen LogP contribution in [0.15, 0.2) is 48.7 Å². The highest BCUT2D eigenvalue weighted by molar-refractivity contribution is 6.30. The molecule has 1 aromatic heterocycles. The van der Waals surface area contributed by atoms with Gasteiger partial charge in [0.25, 0.3) is 11.8 Å². The molecule has 0 aliphatic carbocycles. The zero-order valence-electron chi connectivity index (χ0n) is 17.5. The van der Waals surface area contributed by atoms with Gasteiger partial charge >= 0.3 is 0 Å². The standard InChI is InChI=1S/C23H24ClN5O2/c1-15-6-7-17(12-16(15)2)22(30)25-19-8-10-28(11-9-19)23(31)21-14-29(27-26-21)20-5-3-4-18(24)13-20/h3-7,12-14,19H,8-11H2,1-2H3,(H,25,30). The highest BCUT2D eigenvalue weighted by Crippen LogP contribution is 2.17. The van der Waals surface area contributed by atoms with E-state index in [1.807, 2.05) is 44.2 Å². The lowest BCUT2D eigenvalue weighted by molar-refractivity contribution is 0.0692. The van der Waals surface area contributed by atoms with Crippen molar-refractivity contribution in [1.29, 1.82) is 0 Å². The van der Waals surface area contributed by atoms with E-state index in [0.29, 0.717) is 36.5 Å². The number of amides is 2. The molecular formula is C23H24ClN5O2. The minimum Gasteiger partial charge on any atom is -0.349 e. The van der Waals surface area contributed by atoms with E-state index in [-0.39, 0.29) is 23.6 Å². The molecule has 2 heterocycles. The molecule has 0 spiro atoms. The summed E-state index contributed by atoms with van der Waals surface area (Å²) in [4.78, 5) is 27.1. The molecule has 1 aliphatic rings. The zero-order chi connectivity index (χ0) is 22.0. The average molecular weight is 438 g/mol. The van der Waals surface area contributed by atoms with Crippen molar-refractivity contribution in [3.8, 4) is 5.69 Å². The Morgan fingerprint density at radius 3 is 2.55 bits per heavy atom. The normalized spacial score (nSPS) is 14.5. The maximum Gasteiger partial charge on any atom is 0.276 e. The molecule has 8 heteroatoms. The van der Waals surface area contributed by atoms with Gasteiger partial charge in [0.05, 0.1) is 11.9 Å². The highest BCUT2D eigenvalue weighted by Gasteiger charge is 2.26. The molecule has 1 fully saturated rings. The number of halogens is 1. The lowest BCUT2D eigenvalue weighted by Gasteiger charge is -2.32. The van der Waals surface area contributed by atoms with E-state index >= 15 is 0 Å². The number of hydrogen-bond donors (Lipinski definition) is 1. The number of piperidine rings is 1. The second kappa shape index (κ2) is 8.89. The zero-order valence-corrected chi connectivity index (χ0v) is 18.3. The maximum atomic E-state index is 12.8. The molecule has 2 aromatic carbocycles. The van der Waals surface area contributed by atoms with Crippen LogP contribution in [0.1, 0.15) is 44.8 Å². The van der Waals surface area contributed by atoms with Gasteiger partial charge in [-0.25, -0.2) is 4.68 Å². The first-order valence-corrected chi connectivity index (χ1v) is 10.6. The first kappa shape index (κ1) is 21.1. The monoisotopic (exact) mass is 437 g/mol. The Labute approximate surface area is 186 Å². The van der Waals surface area contributed by atoms with Gasteiger partial charge in [-0.3, -0.25) is 9.59 Å². The number of rotatable bonds is 4. The number of carbonyl (C=O) groups is 2. The molecule has 1 N–H and O–H groups in total. The van der Waals surface area contributed by atoms with Crippen LogP contribution in [-0.4, -0.2) is 50.8 Å². The molecule has 3 aromatic rings. The van der Waals surface area contributed by atoms with Crippen molar-refractivity contribution in [3.63, 3.8) is 0 Å². The fraction of sp³-hybridized carbons (Fsp3) is 0.304. The second-order valence-electron chi connectivity index (χ2n) is 7.87. The molecule has 1 saturated heterocycles. The average Bonchev–Trinajstić information content (AvgIpc) is 3.26. The van der Waals surface area contributed by atoms with Crippen molar-refractivity contribution >= 4 is 23.4 Å². The van der Waals surface area contributed by atoms with Crippen molar-refractivity contribution in [3.05, 3.63) is 76.1 Å². The van der Waals surface area contributed by atoms with Crippen molar-refractivity contribution in [2.24, 2.45) is 0 Å². The number of benzene rings is 2. The maximum absolute atomic E-state index is 12.8. The third-order valence-electron chi connectivity index (χ3n) is 5.67. The molecule has 0 bridgehead atoms. The molecule has 2 amide bonds. The quantitative estimate of drug-likeness (QED) is 0.676. The Balaban J connectivity index is 1.34. The van der Waals surface area contributed by atoms with Crippen LogP contribution in [0.5, 0.6) is 0 Å². The predicted molar refractivity (Wildman–Crippen MR) is 119 cm³/mol. The Bertz CT molecular complexity index is 1120. The number of nitrogens with one attached hydrogen (secondary N) is 1. The minimum atomic E-state index is -0.160. The van der Waals surface area contributed by atoms with Gasteiger partial charge in [0.15, 0.2) is 5.69 Å². The molecule has 160 valence electrons. The molecule has 0 radical (unpaired) electrons. The predicted octanol–water partition coefficient (Wildman–Crippen LogP) is 3.57. The van der Waals surface area contributed by atoms with Gasteiger partial charge in [0, 0.05) is 29.7 Å². The number of hydrogen-bond acceptors (Lipinski definition) is 4. The molecule has 7 nitrogen and oxygen atoms in total. The summed E-state index contributed by atoms with van der Waals surface area (Å²) >= 11 is 6.02. The summed E-state index contributed by atoms with van der Waals surface area (Å²) in [5.41, 5.74) is 3.96. The van der Waals surface area contributed by atoms with E-state index in [4.69, 9.17) is 11.6 Å². The van der Waals surface area contributed by atoms with Gasteiger partial charge in [-0.15, -0.1) is 5.10 Å². The second-order valence-corrected chi connectivity index (χ2v) is 8.30. The molecule has 0 saturated carbocycles. The van der Waals surface area contributed by atoms with Gasteiger partial charge in [-0.05, 0) is 68.1 Å². The minimum absolute atomic E-state index is 0.0419. The third-order valence-corrected chi connectivity index (χ3v) is 5.91. The van der Waals surface area contributed by atoms with E-state index in [0.717, 1.165) is 16.8 Å². The summed E-state index contributed by atoms with van der Waals surface area (Å²) in [6.45, 7) is 5.14. The SMILES string of the molecule is Cc1ccc(C(=O)NC2CCN(C(=O)c3cn(-c4cccc(Cl)c4)nn3)CC2)cc1C. The van der Waals surface area contributed by atoms with Crippen molar-refractivity contribution < 1.29 is 9.59 Å². The van der Waals surface area contributed by atoms with E-state index < -0.39 is 0 Å². The fourth-order valence-corrected chi connectivity index (χ4v) is 3.83. The van der Waals surface area contributed by atoms with Gasteiger partial charge in [-0.1, -0.05) is 28.9 Å². The number of carbonyl (C=O) groups excluding carboxylic acids is 2. The van der Waals surface area contributed by atoms with Crippen LogP contribution in [0.3, 0.4) is 0 Å². The molecular weight excluding hydrogens is 414 g/mol. The number of aryl methyl sites for hydroxylation is 2. The van der Waals surface area contributed by atoms with Crippen LogP contribution in [0.2, 0.25) is 5.02 Å². The van der Waals surface area contributed by atoms with Crippen LogP contribution < -0.4 is 5.32 Å². The van der Waals surface area contributed by atoms with Crippen molar-refractivity contribution in [1.82, 2.24) is 25.2 Å². The summed E-state index contributed by atoms with van der Waals surface area (Å²) < 4.78 is 1.54. The number of likely N-dealkylation sites (tertiary alicyclic amines) is 1. The Hall–Kier alpha value is -3.19. The summed E-state index contributed by atoms with van der Waals surface area (Å²) in [7, 11) is 0. The van der Waals surface area contributed by atoms with Crippen LogP contribution in [0.25, 0.3) is 5.69 Å².